The highest BCUT2D eigenvalue weighted by molar-refractivity contribution is 5.97. The zero-order chi connectivity index (χ0) is 66.1. The Hall–Kier alpha value is -6.26. The first-order valence-electron chi connectivity index (χ1n) is 32.8. The first-order valence-corrected chi connectivity index (χ1v) is 22.3. The van der Waals surface area contributed by atoms with Gasteiger partial charge in [-0.3, -0.25) is 9.55 Å². The molecule has 0 aliphatic carbocycles. The van der Waals surface area contributed by atoms with Gasteiger partial charge in [0, 0.05) is 51.7 Å². The third-order valence-corrected chi connectivity index (χ3v) is 12.4. The van der Waals surface area contributed by atoms with Crippen molar-refractivity contribution in [3.05, 3.63) is 167 Å². The Labute approximate surface area is 430 Å². The van der Waals surface area contributed by atoms with Crippen molar-refractivity contribution >= 4 is 11.0 Å². The number of benzene rings is 6. The van der Waals surface area contributed by atoms with Gasteiger partial charge in [0.25, 0.3) is 0 Å². The second-order valence-corrected chi connectivity index (χ2v) is 20.7. The number of aromatic nitrogens is 3. The molecule has 0 spiro atoms. The largest absolute Gasteiger partial charge is 0.507 e. The number of phenols is 1. The molecular formula is C63H71N3O. The van der Waals surface area contributed by atoms with Gasteiger partial charge in [0.05, 0.1) is 28.0 Å². The smallest absolute Gasteiger partial charge is 0.149 e. The van der Waals surface area contributed by atoms with Gasteiger partial charge in [0.2, 0.25) is 0 Å². The van der Waals surface area contributed by atoms with Gasteiger partial charge in [0.1, 0.15) is 11.6 Å². The van der Waals surface area contributed by atoms with Gasteiger partial charge in [-0.25, -0.2) is 4.98 Å². The average molecular weight is 907 g/mol. The molecule has 0 radical (unpaired) electrons. The van der Waals surface area contributed by atoms with E-state index in [9.17, 15) is 5.11 Å². The molecule has 344 valence electrons. The number of fused-ring (bicyclic) bond motifs is 1. The van der Waals surface area contributed by atoms with E-state index in [0.29, 0.717) is 50.5 Å². The van der Waals surface area contributed by atoms with E-state index in [4.69, 9.17) is 38.8 Å². The van der Waals surface area contributed by atoms with Crippen LogP contribution in [0.5, 0.6) is 5.75 Å². The molecule has 0 bridgehead atoms. The van der Waals surface area contributed by atoms with Crippen LogP contribution in [0.15, 0.2) is 134 Å². The standard InChI is InChI=1S/C63H71N3O/c1-39-29-41(40-21-18-17-19-22-40)25-26-54(39)66-55-24-20-23-50(56(55)65-58(66)51-37-49(62(11,12)13)38-52(57(51)67)63(14,15)16)44-30-45(34-46(33-44)59(2,3)4)53-35-42(27-28-64-53)43-31-47(60(5,6)7)36-48(32-43)61(8,9)10/h17-38,67H,1-16H3/i1D3,5D3,6D3,7D3,8D3,9D3,10D3. The van der Waals surface area contributed by atoms with E-state index in [2.05, 4.69) is 20.8 Å². The lowest BCUT2D eigenvalue weighted by Crippen LogP contribution is -2.17. The Kier molecular flexibility index (Phi) is 6.91. The molecule has 2 aromatic heterocycles. The molecule has 0 fully saturated rings. The average Bonchev–Trinajstić information content (AvgIpc) is 0.758. The van der Waals surface area contributed by atoms with Gasteiger partial charge in [0.15, 0.2) is 0 Å². The van der Waals surface area contributed by atoms with Crippen molar-refractivity contribution in [1.82, 2.24) is 14.5 Å². The molecule has 6 aromatic carbocycles. The van der Waals surface area contributed by atoms with Crippen molar-refractivity contribution in [3.63, 3.8) is 0 Å². The maximum atomic E-state index is 12.6. The van der Waals surface area contributed by atoms with Gasteiger partial charge in [-0.05, 0) is 138 Å². The van der Waals surface area contributed by atoms with E-state index < -0.39 is 86.2 Å². The predicted octanol–water partition coefficient (Wildman–Crippen LogP) is 17.3. The SMILES string of the molecule is [2H]C([2H])([2H])c1cc(-c2ccccc2)ccc1-n1c(-c2cc(C(C)(C)C)cc(C(C)(C)C)c2O)nc2c(-c3cc(-c4cc(-c5cc(C(C([2H])([2H])[2H])(C([2H])([2H])[2H])C([2H])([2H])[2H])cc(C(C([2H])([2H])[2H])(C([2H])([2H])[2H])C([2H])([2H])[2H])c5)ccn4)cc(C(C)(C)C)c3)cccc21. The molecule has 67 heavy (non-hydrogen) atoms. The van der Waals surface area contributed by atoms with Crippen molar-refractivity contribution in [2.24, 2.45) is 0 Å². The summed E-state index contributed by atoms with van der Waals surface area (Å²) < 4.78 is 183. The molecule has 0 aliphatic heterocycles. The Morgan fingerprint density at radius 2 is 1.09 bits per heavy atom. The fourth-order valence-electron chi connectivity index (χ4n) is 8.47. The third-order valence-electron chi connectivity index (χ3n) is 12.4. The zero-order valence-corrected chi connectivity index (χ0v) is 39.5. The summed E-state index contributed by atoms with van der Waals surface area (Å²) in [4.78, 5) is 10.1. The van der Waals surface area contributed by atoms with Crippen LogP contribution in [0.1, 0.15) is 166 Å². The summed E-state index contributed by atoms with van der Waals surface area (Å²) >= 11 is 0. The first-order chi connectivity index (χ1) is 39.9. The Morgan fingerprint density at radius 1 is 0.478 bits per heavy atom. The van der Waals surface area contributed by atoms with Crippen LogP contribution in [0.2, 0.25) is 0 Å². The van der Waals surface area contributed by atoms with E-state index in [1.54, 1.807) is 22.8 Å². The van der Waals surface area contributed by atoms with Crippen molar-refractivity contribution in [3.8, 4) is 67.5 Å². The van der Waals surface area contributed by atoms with Crippen LogP contribution in [0.25, 0.3) is 72.7 Å². The first kappa shape index (κ1) is 27.5. The highest BCUT2D eigenvalue weighted by Gasteiger charge is 2.30. The summed E-state index contributed by atoms with van der Waals surface area (Å²) in [6.45, 7) is -8.21. The second kappa shape index (κ2) is 16.8. The normalized spacial score (nSPS) is 18.8. The number of para-hydroxylation sites is 1. The minimum atomic E-state index is -3.94. The fourth-order valence-corrected chi connectivity index (χ4v) is 8.47. The maximum absolute atomic E-state index is 12.6. The van der Waals surface area contributed by atoms with E-state index in [1.165, 1.54) is 18.3 Å². The van der Waals surface area contributed by atoms with Crippen LogP contribution in [0.4, 0.5) is 0 Å². The van der Waals surface area contributed by atoms with Crippen LogP contribution in [-0.4, -0.2) is 19.6 Å². The monoisotopic (exact) mass is 907 g/mol. The van der Waals surface area contributed by atoms with Crippen LogP contribution in [-0.2, 0) is 27.1 Å². The molecule has 0 aliphatic rings. The molecular weight excluding hydrogens is 815 g/mol. The summed E-state index contributed by atoms with van der Waals surface area (Å²) in [7, 11) is 0. The van der Waals surface area contributed by atoms with Crippen molar-refractivity contribution in [2.45, 2.75) is 137 Å². The van der Waals surface area contributed by atoms with Crippen LogP contribution in [0.3, 0.4) is 0 Å². The summed E-state index contributed by atoms with van der Waals surface area (Å²) in [5.41, 5.74) is -4.69. The molecule has 0 saturated carbocycles. The number of pyridine rings is 1. The molecule has 0 saturated heterocycles. The number of hydrogen-bond acceptors (Lipinski definition) is 3. The highest BCUT2D eigenvalue weighted by atomic mass is 16.3. The molecule has 0 atom stereocenters. The van der Waals surface area contributed by atoms with Crippen LogP contribution in [0, 0.1) is 6.85 Å². The molecule has 4 heteroatoms. The predicted molar refractivity (Wildman–Crippen MR) is 286 cm³/mol. The lowest BCUT2D eigenvalue weighted by Gasteiger charge is -2.27. The molecule has 1 N–H and O–H groups in total. The quantitative estimate of drug-likeness (QED) is 0.181. The topological polar surface area (TPSA) is 50.9 Å². The number of imidazole rings is 1. The minimum Gasteiger partial charge on any atom is -0.507 e. The number of rotatable bonds is 6. The maximum Gasteiger partial charge on any atom is 0.149 e. The van der Waals surface area contributed by atoms with Gasteiger partial charge in [-0.2, -0.15) is 0 Å². The van der Waals surface area contributed by atoms with E-state index >= 15 is 0 Å². The van der Waals surface area contributed by atoms with Gasteiger partial charge < -0.3 is 5.11 Å². The fraction of sp³-hybridized carbons (Fsp3) is 0.333. The Morgan fingerprint density at radius 3 is 1.72 bits per heavy atom. The van der Waals surface area contributed by atoms with Crippen LogP contribution >= 0.6 is 0 Å². The Bertz CT molecular complexity index is 3810. The molecule has 0 amide bonds. The third kappa shape index (κ3) is 9.51. The summed E-state index contributed by atoms with van der Waals surface area (Å²) in [5, 5.41) is 12.6. The zero-order valence-electron chi connectivity index (χ0n) is 60.5. The molecule has 8 aromatic rings. The summed E-state index contributed by atoms with van der Waals surface area (Å²) in [6, 6.07) is 34.7. The van der Waals surface area contributed by atoms with Crippen LogP contribution < -0.4 is 0 Å². The lowest BCUT2D eigenvalue weighted by atomic mass is 9.79. The molecule has 0 unspecified atom stereocenters. The van der Waals surface area contributed by atoms with Crippen molar-refractivity contribution < 1.29 is 33.9 Å². The lowest BCUT2D eigenvalue weighted by molar-refractivity contribution is 0.446. The summed E-state index contributed by atoms with van der Waals surface area (Å²) in [5.74, 6) is 0.203. The van der Waals surface area contributed by atoms with Crippen molar-refractivity contribution in [1.29, 1.82) is 0 Å². The van der Waals surface area contributed by atoms with E-state index in [0.717, 1.165) is 28.8 Å². The number of hydrogen-bond donors (Lipinski definition) is 1. The second-order valence-electron chi connectivity index (χ2n) is 20.7. The minimum absolute atomic E-state index is 0.00242. The van der Waals surface area contributed by atoms with Gasteiger partial charge >= 0.3 is 0 Å². The number of aromatic hydroxyl groups is 1. The number of aryl methyl sites for hydroxylation is 1. The van der Waals surface area contributed by atoms with Crippen molar-refractivity contribution in [2.75, 3.05) is 0 Å². The summed E-state index contributed by atoms with van der Waals surface area (Å²) in [6.07, 6.45) is 1.32. The number of nitrogens with zero attached hydrogens (tertiary/aromatic N) is 3. The highest BCUT2D eigenvalue weighted by Crippen LogP contribution is 2.46. The van der Waals surface area contributed by atoms with Gasteiger partial charge in [-0.1, -0.05) is 182 Å². The molecule has 8 rings (SSSR count). The Balaban J connectivity index is 1.47. The molecule has 4 nitrogen and oxygen atoms in total. The van der Waals surface area contributed by atoms with Gasteiger partial charge in [-0.15, -0.1) is 0 Å². The molecule has 2 heterocycles. The van der Waals surface area contributed by atoms with E-state index in [1.807, 2.05) is 120 Å². The number of phenolic OH excluding ortho intramolecular Hbond substituents is 1. The van der Waals surface area contributed by atoms with E-state index in [-0.39, 0.29) is 39.6 Å².